The largest absolute Gasteiger partial charge is 0.493 e. The molecule has 0 aliphatic heterocycles. The Hall–Kier alpha value is -1.72. The highest BCUT2D eigenvalue weighted by Gasteiger charge is 2.05. The molecule has 0 atom stereocenters. The molecular weight excluding hydrogens is 356 g/mol. The van der Waals surface area contributed by atoms with E-state index >= 15 is 0 Å². The van der Waals surface area contributed by atoms with Crippen molar-refractivity contribution in [3.05, 3.63) is 52.0 Å². The molecule has 0 radical (unpaired) electrons. The van der Waals surface area contributed by atoms with Gasteiger partial charge in [-0.3, -0.25) is 4.79 Å². The minimum absolute atomic E-state index is 0.125. The number of benzene rings is 2. The summed E-state index contributed by atoms with van der Waals surface area (Å²) in [6.07, 6.45) is 0.255. The first-order valence-electron chi connectivity index (χ1n) is 6.28. The molecule has 6 heteroatoms. The first kappa shape index (κ1) is 15.7. The summed E-state index contributed by atoms with van der Waals surface area (Å²) < 4.78 is 6.20. The van der Waals surface area contributed by atoms with Crippen LogP contribution in [0.5, 0.6) is 5.75 Å². The van der Waals surface area contributed by atoms with E-state index in [9.17, 15) is 4.79 Å². The minimum Gasteiger partial charge on any atom is -0.493 e. The normalized spacial score (nSPS) is 10.2. The van der Waals surface area contributed by atoms with Crippen molar-refractivity contribution < 1.29 is 9.53 Å². The fraction of sp³-hybridized carbons (Fsp3) is 0.133. The van der Waals surface area contributed by atoms with Crippen molar-refractivity contribution in [2.45, 2.75) is 6.42 Å². The smallest absolute Gasteiger partial charge is 0.227 e. The zero-order valence-corrected chi connectivity index (χ0v) is 13.4. The molecule has 0 aliphatic rings. The van der Waals surface area contributed by atoms with Crippen LogP contribution >= 0.6 is 27.5 Å². The Bertz CT molecular complexity index is 632. The second-order valence-corrected chi connectivity index (χ2v) is 5.61. The number of hydrogen-bond donors (Lipinski definition) is 2. The van der Waals surface area contributed by atoms with Gasteiger partial charge in [0.2, 0.25) is 5.91 Å². The molecule has 4 nitrogen and oxygen atoms in total. The van der Waals surface area contributed by atoms with Gasteiger partial charge in [0.25, 0.3) is 0 Å². The van der Waals surface area contributed by atoms with Crippen LogP contribution in [-0.2, 0) is 4.79 Å². The number of anilines is 2. The molecule has 1 amide bonds. The lowest BCUT2D eigenvalue weighted by atomic mass is 10.3. The van der Waals surface area contributed by atoms with E-state index in [0.29, 0.717) is 28.8 Å². The fourth-order valence-corrected chi connectivity index (χ4v) is 2.12. The molecule has 2 aromatic rings. The van der Waals surface area contributed by atoms with Gasteiger partial charge in [0.1, 0.15) is 5.75 Å². The lowest BCUT2D eigenvalue weighted by Crippen LogP contribution is -2.15. The summed E-state index contributed by atoms with van der Waals surface area (Å²) in [5, 5.41) is 3.37. The number of hydrogen-bond acceptors (Lipinski definition) is 3. The Labute approximate surface area is 136 Å². The average Bonchev–Trinajstić information content (AvgIpc) is 2.45. The van der Waals surface area contributed by atoms with Crippen LogP contribution in [0.4, 0.5) is 11.4 Å². The van der Waals surface area contributed by atoms with Crippen molar-refractivity contribution in [3.63, 3.8) is 0 Å². The van der Waals surface area contributed by atoms with Gasteiger partial charge in [-0.1, -0.05) is 11.6 Å². The van der Waals surface area contributed by atoms with Crippen molar-refractivity contribution in [2.75, 3.05) is 17.7 Å². The zero-order valence-electron chi connectivity index (χ0n) is 11.1. The Morgan fingerprint density at radius 3 is 2.62 bits per heavy atom. The van der Waals surface area contributed by atoms with Crippen molar-refractivity contribution in [1.82, 2.24) is 0 Å². The number of rotatable bonds is 5. The molecule has 0 unspecified atom stereocenters. The molecule has 2 rings (SSSR count). The SMILES string of the molecule is Nc1ccc(OCCC(=O)Nc2ccc(Cl)c(Br)c2)cc1. The molecule has 21 heavy (non-hydrogen) atoms. The van der Waals surface area contributed by atoms with Crippen LogP contribution in [0.15, 0.2) is 46.9 Å². The summed E-state index contributed by atoms with van der Waals surface area (Å²) in [5.41, 5.74) is 6.94. The van der Waals surface area contributed by atoms with Crippen LogP contribution in [0.25, 0.3) is 0 Å². The minimum atomic E-state index is -0.125. The number of nitrogens with one attached hydrogen (secondary N) is 1. The summed E-state index contributed by atoms with van der Waals surface area (Å²) in [7, 11) is 0. The molecule has 2 aromatic carbocycles. The number of ether oxygens (including phenoxy) is 1. The highest BCUT2D eigenvalue weighted by molar-refractivity contribution is 9.10. The maximum Gasteiger partial charge on any atom is 0.227 e. The number of carbonyl (C=O) groups is 1. The summed E-state index contributed by atoms with van der Waals surface area (Å²) >= 11 is 9.20. The molecule has 0 aliphatic carbocycles. The molecule has 0 saturated carbocycles. The molecular formula is C15H14BrClN2O2. The quantitative estimate of drug-likeness (QED) is 0.780. The van der Waals surface area contributed by atoms with E-state index in [1.807, 2.05) is 0 Å². The summed E-state index contributed by atoms with van der Waals surface area (Å²) in [6, 6.07) is 12.2. The molecule has 0 aromatic heterocycles. The van der Waals surface area contributed by atoms with Gasteiger partial charge in [-0.2, -0.15) is 0 Å². The van der Waals surface area contributed by atoms with E-state index in [0.717, 1.165) is 4.47 Å². The van der Waals surface area contributed by atoms with E-state index in [-0.39, 0.29) is 12.3 Å². The zero-order chi connectivity index (χ0) is 15.2. The Kier molecular flexibility index (Phi) is 5.47. The van der Waals surface area contributed by atoms with Crippen LogP contribution in [0.2, 0.25) is 5.02 Å². The third-order valence-corrected chi connectivity index (χ3v) is 3.90. The number of nitrogens with two attached hydrogens (primary N) is 1. The fourth-order valence-electron chi connectivity index (χ4n) is 1.62. The second kappa shape index (κ2) is 7.33. The molecule has 0 saturated heterocycles. The van der Waals surface area contributed by atoms with Crippen LogP contribution < -0.4 is 15.8 Å². The second-order valence-electron chi connectivity index (χ2n) is 4.34. The third-order valence-electron chi connectivity index (χ3n) is 2.68. The Morgan fingerprint density at radius 2 is 1.95 bits per heavy atom. The van der Waals surface area contributed by atoms with E-state index in [4.69, 9.17) is 22.1 Å². The predicted octanol–water partition coefficient (Wildman–Crippen LogP) is 4.09. The third kappa shape index (κ3) is 4.95. The van der Waals surface area contributed by atoms with Crippen LogP contribution in [0, 0.1) is 0 Å². The van der Waals surface area contributed by atoms with E-state index in [1.165, 1.54) is 0 Å². The van der Waals surface area contributed by atoms with Gasteiger partial charge in [0.05, 0.1) is 18.1 Å². The van der Waals surface area contributed by atoms with Crippen LogP contribution in [0.1, 0.15) is 6.42 Å². The first-order chi connectivity index (χ1) is 10.0. The average molecular weight is 370 g/mol. The van der Waals surface area contributed by atoms with E-state index < -0.39 is 0 Å². The van der Waals surface area contributed by atoms with Crippen molar-refractivity contribution >= 4 is 44.8 Å². The van der Waals surface area contributed by atoms with Crippen LogP contribution in [-0.4, -0.2) is 12.5 Å². The van der Waals surface area contributed by atoms with E-state index in [2.05, 4.69) is 21.2 Å². The van der Waals surface area contributed by atoms with Crippen molar-refractivity contribution in [3.8, 4) is 5.75 Å². The lowest BCUT2D eigenvalue weighted by Gasteiger charge is -2.08. The molecule has 0 fully saturated rings. The monoisotopic (exact) mass is 368 g/mol. The van der Waals surface area contributed by atoms with Crippen molar-refractivity contribution in [1.29, 1.82) is 0 Å². The van der Waals surface area contributed by atoms with Gasteiger partial charge in [-0.15, -0.1) is 0 Å². The van der Waals surface area contributed by atoms with Gasteiger partial charge in [-0.25, -0.2) is 0 Å². The highest BCUT2D eigenvalue weighted by Crippen LogP contribution is 2.25. The first-order valence-corrected chi connectivity index (χ1v) is 7.45. The van der Waals surface area contributed by atoms with Gasteiger partial charge in [0.15, 0.2) is 0 Å². The number of nitrogen functional groups attached to an aromatic ring is 1. The van der Waals surface area contributed by atoms with Gasteiger partial charge < -0.3 is 15.8 Å². The molecule has 3 N–H and O–H groups in total. The van der Waals surface area contributed by atoms with Crippen molar-refractivity contribution in [2.24, 2.45) is 0 Å². The maximum absolute atomic E-state index is 11.8. The molecule has 0 bridgehead atoms. The molecule has 110 valence electrons. The summed E-state index contributed by atoms with van der Waals surface area (Å²) in [5.74, 6) is 0.561. The van der Waals surface area contributed by atoms with Gasteiger partial charge in [0, 0.05) is 15.8 Å². The summed E-state index contributed by atoms with van der Waals surface area (Å²) in [6.45, 7) is 0.296. The maximum atomic E-state index is 11.8. The molecule has 0 heterocycles. The number of amides is 1. The summed E-state index contributed by atoms with van der Waals surface area (Å²) in [4.78, 5) is 11.8. The predicted molar refractivity (Wildman–Crippen MR) is 88.7 cm³/mol. The number of halogens is 2. The van der Waals surface area contributed by atoms with E-state index in [1.54, 1.807) is 42.5 Å². The topological polar surface area (TPSA) is 64.3 Å². The standard InChI is InChI=1S/C15H14BrClN2O2/c16-13-9-11(3-6-14(13)17)19-15(20)7-8-21-12-4-1-10(18)2-5-12/h1-6,9H,7-8,18H2,(H,19,20). The van der Waals surface area contributed by atoms with Crippen LogP contribution in [0.3, 0.4) is 0 Å². The Balaban J connectivity index is 1.79. The molecule has 0 spiro atoms. The lowest BCUT2D eigenvalue weighted by molar-refractivity contribution is -0.116. The van der Waals surface area contributed by atoms with Gasteiger partial charge >= 0.3 is 0 Å². The number of carbonyl (C=O) groups excluding carboxylic acids is 1. The van der Waals surface area contributed by atoms with Gasteiger partial charge in [-0.05, 0) is 58.4 Å². The Morgan fingerprint density at radius 1 is 1.24 bits per heavy atom. The highest BCUT2D eigenvalue weighted by atomic mass is 79.9.